The second kappa shape index (κ2) is 7.10. The van der Waals surface area contributed by atoms with Crippen molar-refractivity contribution in [2.24, 2.45) is 0 Å². The van der Waals surface area contributed by atoms with Crippen molar-refractivity contribution in [3.05, 3.63) is 43.0 Å². The zero-order valence-corrected chi connectivity index (χ0v) is 11.4. The van der Waals surface area contributed by atoms with E-state index in [1.807, 2.05) is 0 Å². The maximum Gasteiger partial charge on any atom is 0.257 e. The molecule has 98 valence electrons. The van der Waals surface area contributed by atoms with E-state index in [1.54, 1.807) is 0 Å². The van der Waals surface area contributed by atoms with Gasteiger partial charge in [-0.2, -0.15) is 0 Å². The van der Waals surface area contributed by atoms with E-state index in [2.05, 4.69) is 59.0 Å². The Balaban J connectivity index is 1.71. The Morgan fingerprint density at radius 3 is 2.50 bits per heavy atom. The molecule has 1 aromatic carbocycles. The largest absolute Gasteiger partial charge is 0.309 e. The summed E-state index contributed by atoms with van der Waals surface area (Å²) in [6.07, 6.45) is 14.6. The van der Waals surface area contributed by atoms with Gasteiger partial charge >= 0.3 is 0 Å². The van der Waals surface area contributed by atoms with E-state index in [0.29, 0.717) is 0 Å². The van der Waals surface area contributed by atoms with Crippen LogP contribution in [0.3, 0.4) is 0 Å². The second-order valence-electron chi connectivity index (χ2n) is 4.97. The summed E-state index contributed by atoms with van der Waals surface area (Å²) in [5.41, 5.74) is 1.25. The van der Waals surface area contributed by atoms with Crippen molar-refractivity contribution < 1.29 is 9.13 Å². The number of rotatable bonds is 8. The number of imidazole rings is 1. The minimum atomic E-state index is 1.14. The highest BCUT2D eigenvalue weighted by Gasteiger charge is 2.02. The van der Waals surface area contributed by atoms with E-state index in [4.69, 9.17) is 0 Å². The molecule has 0 saturated carbocycles. The summed E-state index contributed by atoms with van der Waals surface area (Å²) in [5, 5.41) is 0. The molecule has 0 aliphatic rings. The van der Waals surface area contributed by atoms with Gasteiger partial charge in [-0.25, -0.2) is 0 Å². The molecule has 0 N–H and O–H groups in total. The fraction of sp³-hybridized carbons (Fsp3) is 0.500. The quantitative estimate of drug-likeness (QED) is 0.383. The van der Waals surface area contributed by atoms with Gasteiger partial charge in [-0.05, 0) is 6.42 Å². The molecule has 2 rings (SSSR count). The Kier molecular flexibility index (Phi) is 5.13. The molecule has 2 aromatic rings. The van der Waals surface area contributed by atoms with Crippen molar-refractivity contribution in [2.45, 2.75) is 52.0 Å². The van der Waals surface area contributed by atoms with Crippen LogP contribution in [-0.2, 0) is 6.54 Å². The summed E-state index contributed by atoms with van der Waals surface area (Å²) in [6.45, 7) is 3.40. The number of nitrogens with zero attached hydrogens (tertiary/aromatic N) is 2. The minimum absolute atomic E-state index is 1.14. The molecular formula is C16H24N2. The van der Waals surface area contributed by atoms with Gasteiger partial charge in [0.2, 0.25) is 0 Å². The van der Waals surface area contributed by atoms with Gasteiger partial charge in [-0.3, -0.25) is 4.57 Å². The molecule has 0 aliphatic carbocycles. The molecule has 1 heterocycles. The Hall–Kier alpha value is -1.44. The molecule has 0 spiro atoms. The molecule has 2 heteroatoms. The van der Waals surface area contributed by atoms with Crippen molar-refractivity contribution in [3.63, 3.8) is 0 Å². The van der Waals surface area contributed by atoms with Crippen LogP contribution in [0.15, 0.2) is 43.0 Å². The Morgan fingerprint density at radius 2 is 1.72 bits per heavy atom. The topological polar surface area (TPSA) is 7.76 Å². The van der Waals surface area contributed by atoms with E-state index in [0.717, 1.165) is 6.54 Å². The first-order valence-corrected chi connectivity index (χ1v) is 7.19. The SMILES string of the molecule is CCCCCCCC[n+]1c[n+](-[c-]2cccc2)c[cH-]1. The third-order valence-corrected chi connectivity index (χ3v) is 3.40. The summed E-state index contributed by atoms with van der Waals surface area (Å²) >= 11 is 0. The fourth-order valence-electron chi connectivity index (χ4n) is 2.29. The number of aryl methyl sites for hydroxylation is 1. The van der Waals surface area contributed by atoms with Crippen LogP contribution in [0.4, 0.5) is 0 Å². The Bertz CT molecular complexity index is 426. The maximum absolute atomic E-state index is 2.28. The fourth-order valence-corrected chi connectivity index (χ4v) is 2.29. The van der Waals surface area contributed by atoms with Crippen molar-refractivity contribution in [2.75, 3.05) is 0 Å². The average Bonchev–Trinajstić information content (AvgIpc) is 3.03. The van der Waals surface area contributed by atoms with Crippen LogP contribution in [0.25, 0.3) is 5.69 Å². The third-order valence-electron chi connectivity index (χ3n) is 3.40. The number of unbranched alkanes of at least 4 members (excludes halogenated alkanes) is 5. The summed E-state index contributed by atoms with van der Waals surface area (Å²) in [7, 11) is 0. The number of hydrogen-bond acceptors (Lipinski definition) is 0. The van der Waals surface area contributed by atoms with Crippen LogP contribution >= 0.6 is 0 Å². The first-order valence-electron chi connectivity index (χ1n) is 7.19. The number of hydrogen-bond donors (Lipinski definition) is 0. The molecule has 0 radical (unpaired) electrons. The molecule has 0 aliphatic heterocycles. The van der Waals surface area contributed by atoms with E-state index in [-0.39, 0.29) is 0 Å². The first-order chi connectivity index (χ1) is 8.90. The lowest BCUT2D eigenvalue weighted by molar-refractivity contribution is -0.759. The van der Waals surface area contributed by atoms with Gasteiger partial charge in [-0.15, -0.1) is 12.1 Å². The van der Waals surface area contributed by atoms with Crippen LogP contribution in [-0.4, -0.2) is 0 Å². The standard InChI is InChI=1S/C16H24N2/c1-2-3-4-5-6-9-12-17-13-14-18(15-17)16-10-7-8-11-16/h7-8,10-11,13-15H,2-6,9,12H2,1H3. The number of aromatic nitrogens is 2. The van der Waals surface area contributed by atoms with Gasteiger partial charge in [0, 0.05) is 6.42 Å². The highest BCUT2D eigenvalue weighted by atomic mass is 15.1. The van der Waals surface area contributed by atoms with Gasteiger partial charge < -0.3 is 4.57 Å². The lowest BCUT2D eigenvalue weighted by Gasteiger charge is -1.99. The maximum atomic E-state index is 2.28. The third kappa shape index (κ3) is 3.80. The van der Waals surface area contributed by atoms with Crippen molar-refractivity contribution in [3.8, 4) is 5.69 Å². The van der Waals surface area contributed by atoms with Crippen LogP contribution in [0.2, 0.25) is 0 Å². The zero-order chi connectivity index (χ0) is 12.6. The highest BCUT2D eigenvalue weighted by Crippen LogP contribution is 2.04. The van der Waals surface area contributed by atoms with E-state index >= 15 is 0 Å². The van der Waals surface area contributed by atoms with Crippen LogP contribution in [0.1, 0.15) is 45.4 Å². The predicted molar refractivity (Wildman–Crippen MR) is 72.7 cm³/mol. The summed E-state index contributed by atoms with van der Waals surface area (Å²) in [4.78, 5) is 0. The van der Waals surface area contributed by atoms with Gasteiger partial charge in [0.25, 0.3) is 6.33 Å². The molecule has 18 heavy (non-hydrogen) atoms. The van der Waals surface area contributed by atoms with E-state index in [1.165, 1.54) is 44.2 Å². The predicted octanol–water partition coefficient (Wildman–Crippen LogP) is 3.05. The molecule has 0 fully saturated rings. The molecular weight excluding hydrogens is 220 g/mol. The highest BCUT2D eigenvalue weighted by molar-refractivity contribution is 5.22. The molecule has 2 nitrogen and oxygen atoms in total. The normalized spacial score (nSPS) is 10.9. The van der Waals surface area contributed by atoms with Crippen molar-refractivity contribution in [1.29, 1.82) is 0 Å². The second-order valence-corrected chi connectivity index (χ2v) is 4.97. The van der Waals surface area contributed by atoms with E-state index in [9.17, 15) is 0 Å². The average molecular weight is 244 g/mol. The van der Waals surface area contributed by atoms with E-state index < -0.39 is 0 Å². The zero-order valence-electron chi connectivity index (χ0n) is 11.4. The monoisotopic (exact) mass is 244 g/mol. The van der Waals surface area contributed by atoms with Crippen LogP contribution in [0.5, 0.6) is 0 Å². The molecule has 0 amide bonds. The molecule has 0 unspecified atom stereocenters. The minimum Gasteiger partial charge on any atom is -0.309 e. The van der Waals surface area contributed by atoms with Gasteiger partial charge in [0.15, 0.2) is 0 Å². The molecule has 0 atom stereocenters. The van der Waals surface area contributed by atoms with Gasteiger partial charge in [0.1, 0.15) is 12.2 Å². The Morgan fingerprint density at radius 1 is 1.00 bits per heavy atom. The van der Waals surface area contributed by atoms with Gasteiger partial charge in [0.05, 0.1) is 12.4 Å². The lowest BCUT2D eigenvalue weighted by atomic mass is 10.1. The summed E-state index contributed by atoms with van der Waals surface area (Å²) in [5.74, 6) is 0. The summed E-state index contributed by atoms with van der Waals surface area (Å²) in [6, 6.07) is 8.42. The van der Waals surface area contributed by atoms with Crippen LogP contribution in [0, 0.1) is 0 Å². The van der Waals surface area contributed by atoms with Crippen LogP contribution < -0.4 is 9.13 Å². The van der Waals surface area contributed by atoms with Gasteiger partial charge in [-0.1, -0.05) is 44.7 Å². The van der Waals surface area contributed by atoms with Crippen molar-refractivity contribution >= 4 is 0 Å². The lowest BCUT2D eigenvalue weighted by Crippen LogP contribution is -2.37. The summed E-state index contributed by atoms with van der Waals surface area (Å²) < 4.78 is 4.46. The Labute approximate surface area is 110 Å². The molecule has 0 saturated heterocycles. The molecule has 1 aromatic heterocycles. The molecule has 0 bridgehead atoms. The smallest absolute Gasteiger partial charge is 0.257 e. The van der Waals surface area contributed by atoms with Crippen molar-refractivity contribution in [1.82, 2.24) is 0 Å². The first kappa shape index (κ1) is 13.0.